The number of aromatic nitrogens is 2. The molecule has 2 aromatic rings. The van der Waals surface area contributed by atoms with Crippen molar-refractivity contribution in [1.82, 2.24) is 14.6 Å². The Hall–Kier alpha value is -2.85. The molecule has 2 aliphatic heterocycles. The molecule has 2 aliphatic rings. The van der Waals surface area contributed by atoms with Crippen LogP contribution in [0.4, 0.5) is 5.82 Å². The maximum absolute atomic E-state index is 10.2. The van der Waals surface area contributed by atoms with Crippen molar-refractivity contribution in [2.75, 3.05) is 6.61 Å². The molecule has 1 fully saturated rings. The van der Waals surface area contributed by atoms with Crippen LogP contribution in [0.3, 0.4) is 0 Å². The summed E-state index contributed by atoms with van der Waals surface area (Å²) in [4.78, 5) is 14.2. The minimum atomic E-state index is -1.25. The van der Waals surface area contributed by atoms with E-state index in [9.17, 15) is 15.3 Å². The Kier molecular flexibility index (Phi) is 5.29. The molecule has 0 amide bonds. The molecule has 5 atom stereocenters. The Morgan fingerprint density at radius 2 is 2.00 bits per heavy atom. The zero-order valence-electron chi connectivity index (χ0n) is 15.2. The summed E-state index contributed by atoms with van der Waals surface area (Å²) in [5.41, 5.74) is 8.05. The van der Waals surface area contributed by atoms with E-state index < -0.39 is 37.3 Å². The summed E-state index contributed by atoms with van der Waals surface area (Å²) >= 11 is 0. The van der Waals surface area contributed by atoms with E-state index in [-0.39, 0.29) is 6.61 Å². The summed E-state index contributed by atoms with van der Waals surface area (Å²) in [5, 5.41) is 39.6. The first-order valence-corrected chi connectivity index (χ1v) is 8.92. The van der Waals surface area contributed by atoms with Crippen molar-refractivity contribution in [3.05, 3.63) is 47.4 Å². The van der Waals surface area contributed by atoms with Crippen LogP contribution in [-0.4, -0.2) is 61.2 Å². The maximum atomic E-state index is 10.2. The number of fused-ring (bicyclic) bond motifs is 1. The SMILES string of the molecule is N#Cc1ccc(CON2C=Nc3c(ncn3[C@@H]3O[C@H](CO)C(O)C3O)C2N)cc1. The summed E-state index contributed by atoms with van der Waals surface area (Å²) in [6.07, 6.45) is -2.27. The Bertz CT molecular complexity index is 939. The van der Waals surface area contributed by atoms with Crippen molar-refractivity contribution in [1.29, 1.82) is 5.26 Å². The fourth-order valence-electron chi connectivity index (χ4n) is 3.25. The van der Waals surface area contributed by atoms with Crippen LogP contribution in [-0.2, 0) is 16.2 Å². The minimum absolute atomic E-state index is 0.219. The van der Waals surface area contributed by atoms with Gasteiger partial charge in [0.25, 0.3) is 0 Å². The highest BCUT2D eigenvalue weighted by Crippen LogP contribution is 2.37. The van der Waals surface area contributed by atoms with Gasteiger partial charge in [-0.1, -0.05) is 12.1 Å². The van der Waals surface area contributed by atoms with Crippen molar-refractivity contribution in [3.8, 4) is 6.07 Å². The molecule has 1 saturated heterocycles. The number of aliphatic imine (C=N–C) groups is 1. The fourth-order valence-corrected chi connectivity index (χ4v) is 3.25. The van der Waals surface area contributed by atoms with Gasteiger partial charge in [0.05, 0.1) is 24.6 Å². The number of hydrogen-bond acceptors (Lipinski definition) is 10. The number of hydroxylamine groups is 2. The maximum Gasteiger partial charge on any atom is 0.165 e. The predicted molar refractivity (Wildman–Crippen MR) is 98.1 cm³/mol. The van der Waals surface area contributed by atoms with Crippen LogP contribution in [0.2, 0.25) is 0 Å². The van der Waals surface area contributed by atoms with E-state index in [4.69, 9.17) is 20.6 Å². The molecule has 0 spiro atoms. The Morgan fingerprint density at radius 1 is 1.24 bits per heavy atom. The van der Waals surface area contributed by atoms with Crippen LogP contribution < -0.4 is 5.73 Å². The molecule has 29 heavy (non-hydrogen) atoms. The first-order valence-electron chi connectivity index (χ1n) is 8.92. The van der Waals surface area contributed by atoms with Gasteiger partial charge in [0.2, 0.25) is 0 Å². The third-order valence-electron chi connectivity index (χ3n) is 4.90. The lowest BCUT2D eigenvalue weighted by molar-refractivity contribution is -0.136. The van der Waals surface area contributed by atoms with E-state index in [2.05, 4.69) is 16.0 Å². The smallest absolute Gasteiger partial charge is 0.165 e. The van der Waals surface area contributed by atoms with Crippen molar-refractivity contribution in [2.24, 2.45) is 10.7 Å². The molecule has 152 valence electrons. The topological polar surface area (TPSA) is 162 Å². The average Bonchev–Trinajstić information content (AvgIpc) is 3.29. The summed E-state index contributed by atoms with van der Waals surface area (Å²) in [7, 11) is 0. The lowest BCUT2D eigenvalue weighted by atomic mass is 10.1. The molecule has 4 rings (SSSR count). The number of aliphatic hydroxyl groups excluding tert-OH is 3. The molecular weight excluding hydrogens is 380 g/mol. The van der Waals surface area contributed by atoms with Crippen LogP contribution in [0.5, 0.6) is 0 Å². The van der Waals surface area contributed by atoms with Gasteiger partial charge in [0.1, 0.15) is 37.0 Å². The highest BCUT2D eigenvalue weighted by molar-refractivity contribution is 5.64. The van der Waals surface area contributed by atoms with Gasteiger partial charge >= 0.3 is 0 Å². The number of ether oxygens (including phenoxy) is 1. The average molecular weight is 400 g/mol. The van der Waals surface area contributed by atoms with Crippen LogP contribution in [0.1, 0.15) is 29.2 Å². The molecule has 11 nitrogen and oxygen atoms in total. The second-order valence-electron chi connectivity index (χ2n) is 6.72. The molecule has 11 heteroatoms. The molecule has 1 aromatic heterocycles. The van der Waals surface area contributed by atoms with Crippen molar-refractivity contribution < 1.29 is 24.9 Å². The molecular formula is C18H20N6O5. The quantitative estimate of drug-likeness (QED) is 0.515. The Balaban J connectivity index is 1.47. The molecule has 0 aliphatic carbocycles. The largest absolute Gasteiger partial charge is 0.394 e. The predicted octanol–water partition coefficient (Wildman–Crippen LogP) is -0.569. The van der Waals surface area contributed by atoms with Gasteiger partial charge in [-0.25, -0.2) is 15.0 Å². The Labute approximate surface area is 165 Å². The second-order valence-corrected chi connectivity index (χ2v) is 6.72. The van der Waals surface area contributed by atoms with Crippen LogP contribution >= 0.6 is 0 Å². The van der Waals surface area contributed by atoms with E-state index in [0.29, 0.717) is 17.1 Å². The molecule has 0 saturated carbocycles. The van der Waals surface area contributed by atoms with E-state index >= 15 is 0 Å². The van der Waals surface area contributed by atoms with Crippen LogP contribution in [0, 0.1) is 11.3 Å². The number of nitrogens with two attached hydrogens (primary N) is 1. The first kappa shape index (κ1) is 19.5. The van der Waals surface area contributed by atoms with E-state index in [0.717, 1.165) is 5.56 Å². The number of nitriles is 1. The van der Waals surface area contributed by atoms with Gasteiger partial charge in [-0.3, -0.25) is 9.40 Å². The number of benzene rings is 1. The van der Waals surface area contributed by atoms with Gasteiger partial charge in [0, 0.05) is 0 Å². The third kappa shape index (κ3) is 3.49. The van der Waals surface area contributed by atoms with Crippen LogP contribution in [0.25, 0.3) is 0 Å². The fraction of sp³-hybridized carbons (Fsp3) is 0.389. The normalized spacial score (nSPS) is 28.4. The van der Waals surface area contributed by atoms with Crippen molar-refractivity contribution >= 4 is 12.2 Å². The van der Waals surface area contributed by atoms with E-state index in [1.165, 1.54) is 22.3 Å². The van der Waals surface area contributed by atoms with Crippen molar-refractivity contribution in [2.45, 2.75) is 37.3 Å². The molecule has 0 bridgehead atoms. The summed E-state index contributed by atoms with van der Waals surface area (Å²) in [5.74, 6) is 0.366. The molecule has 3 heterocycles. The lowest BCUT2D eigenvalue weighted by Gasteiger charge is -2.28. The number of imidazole rings is 1. The lowest BCUT2D eigenvalue weighted by Crippen LogP contribution is -2.36. The molecule has 0 radical (unpaired) electrons. The zero-order chi connectivity index (χ0) is 20.5. The summed E-state index contributed by atoms with van der Waals surface area (Å²) < 4.78 is 6.99. The standard InChI is InChI=1S/C18H20N6O5/c19-5-10-1-3-11(4-2-10)7-28-24-9-22-17-13(16(24)20)21-8-23(17)18-15(27)14(26)12(6-25)29-18/h1-4,8-9,12,14-16,18,25-27H,6-7,20H2/t12-,14?,15?,16?,18-/m1/s1. The molecule has 5 N–H and O–H groups in total. The molecule has 1 aromatic carbocycles. The van der Waals surface area contributed by atoms with Gasteiger partial charge < -0.3 is 25.8 Å². The number of rotatable bonds is 5. The zero-order valence-corrected chi connectivity index (χ0v) is 15.2. The summed E-state index contributed by atoms with van der Waals surface area (Å²) in [6.45, 7) is -0.207. The minimum Gasteiger partial charge on any atom is -0.394 e. The number of aliphatic hydroxyl groups is 3. The van der Waals surface area contributed by atoms with Gasteiger partial charge in [-0.05, 0) is 17.7 Å². The van der Waals surface area contributed by atoms with Gasteiger partial charge in [-0.15, -0.1) is 0 Å². The van der Waals surface area contributed by atoms with Gasteiger partial charge in [0.15, 0.2) is 18.2 Å². The van der Waals surface area contributed by atoms with Crippen LogP contribution in [0.15, 0.2) is 35.6 Å². The number of hydrogen-bond donors (Lipinski definition) is 4. The first-order chi connectivity index (χ1) is 14.0. The van der Waals surface area contributed by atoms with E-state index in [1.54, 1.807) is 24.3 Å². The third-order valence-corrected chi connectivity index (χ3v) is 4.90. The summed E-state index contributed by atoms with van der Waals surface area (Å²) in [6, 6.07) is 9.02. The number of nitrogens with zero attached hydrogens (tertiary/aromatic N) is 5. The highest BCUT2D eigenvalue weighted by atomic mass is 16.7. The molecule has 3 unspecified atom stereocenters. The van der Waals surface area contributed by atoms with Gasteiger partial charge in [-0.2, -0.15) is 5.26 Å². The highest BCUT2D eigenvalue weighted by Gasteiger charge is 2.44. The monoisotopic (exact) mass is 400 g/mol. The Morgan fingerprint density at radius 3 is 2.66 bits per heavy atom. The van der Waals surface area contributed by atoms with Crippen molar-refractivity contribution in [3.63, 3.8) is 0 Å². The second kappa shape index (κ2) is 7.88. The van der Waals surface area contributed by atoms with E-state index in [1.807, 2.05) is 0 Å².